The Hall–Kier alpha value is -2.17. The van der Waals surface area contributed by atoms with Gasteiger partial charge in [0.25, 0.3) is 0 Å². The summed E-state index contributed by atoms with van der Waals surface area (Å²) in [5.74, 6) is -2.36. The fourth-order valence-corrected chi connectivity index (χ4v) is 2.80. The highest BCUT2D eigenvalue weighted by Gasteiger charge is 2.16. The third-order valence-corrected chi connectivity index (χ3v) is 4.30. The summed E-state index contributed by atoms with van der Waals surface area (Å²) >= 11 is 0. The molecule has 1 aromatic carbocycles. The van der Waals surface area contributed by atoms with E-state index in [2.05, 4.69) is 6.92 Å². The number of rotatable bonds is 13. The summed E-state index contributed by atoms with van der Waals surface area (Å²) in [5.41, 5.74) is 0.213. The van der Waals surface area contributed by atoms with Gasteiger partial charge in [0.15, 0.2) is 0 Å². The van der Waals surface area contributed by atoms with Crippen molar-refractivity contribution in [1.82, 2.24) is 0 Å². The van der Waals surface area contributed by atoms with Gasteiger partial charge < -0.3 is 10.2 Å². The first kappa shape index (κ1) is 20.9. The van der Waals surface area contributed by atoms with Crippen LogP contribution in [0.2, 0.25) is 0 Å². The second-order valence-electron chi connectivity index (χ2n) is 6.40. The van der Waals surface area contributed by atoms with Gasteiger partial charge in [0.1, 0.15) is 5.78 Å². The van der Waals surface area contributed by atoms with Crippen LogP contribution < -0.4 is 0 Å². The highest BCUT2D eigenvalue weighted by atomic mass is 16.4. The minimum atomic E-state index is -1.27. The second-order valence-corrected chi connectivity index (χ2v) is 6.40. The van der Waals surface area contributed by atoms with Crippen molar-refractivity contribution in [2.75, 3.05) is 0 Å². The molecule has 5 heteroatoms. The van der Waals surface area contributed by atoms with E-state index in [1.165, 1.54) is 44.2 Å². The van der Waals surface area contributed by atoms with E-state index in [1.54, 1.807) is 6.07 Å². The number of carboxylic acid groups (broad SMARTS) is 2. The summed E-state index contributed by atoms with van der Waals surface area (Å²) in [4.78, 5) is 34.1. The maximum absolute atomic E-state index is 11.9. The van der Waals surface area contributed by atoms with Crippen molar-refractivity contribution in [2.24, 2.45) is 0 Å². The quantitative estimate of drug-likeness (QED) is 0.503. The predicted molar refractivity (Wildman–Crippen MR) is 96.3 cm³/mol. The van der Waals surface area contributed by atoms with Crippen LogP contribution in [-0.4, -0.2) is 27.9 Å². The zero-order valence-corrected chi connectivity index (χ0v) is 14.9. The number of unbranched alkanes of at least 4 members (excludes halogenated alkanes) is 6. The summed E-state index contributed by atoms with van der Waals surface area (Å²) in [6, 6.07) is 4.23. The van der Waals surface area contributed by atoms with Crippen molar-refractivity contribution < 1.29 is 24.6 Å². The molecule has 0 heterocycles. The summed E-state index contributed by atoms with van der Waals surface area (Å²) in [7, 11) is 0. The molecule has 0 spiro atoms. The molecule has 0 saturated carbocycles. The van der Waals surface area contributed by atoms with E-state index in [-0.39, 0.29) is 16.9 Å². The van der Waals surface area contributed by atoms with Crippen molar-refractivity contribution in [2.45, 2.75) is 71.1 Å². The van der Waals surface area contributed by atoms with E-state index >= 15 is 0 Å². The molecule has 1 aromatic rings. The molecule has 0 amide bonds. The number of ketones is 1. The van der Waals surface area contributed by atoms with Gasteiger partial charge in [0.2, 0.25) is 0 Å². The second kappa shape index (κ2) is 11.4. The first-order valence-electron chi connectivity index (χ1n) is 9.07. The molecule has 0 radical (unpaired) electrons. The Labute approximate surface area is 149 Å². The van der Waals surface area contributed by atoms with Crippen LogP contribution in [0.25, 0.3) is 0 Å². The molecule has 25 heavy (non-hydrogen) atoms. The molecule has 0 atom stereocenters. The lowest BCUT2D eigenvalue weighted by molar-refractivity contribution is -0.119. The van der Waals surface area contributed by atoms with E-state index in [9.17, 15) is 14.4 Å². The minimum absolute atomic E-state index is 0.174. The zero-order chi connectivity index (χ0) is 18.7. The van der Waals surface area contributed by atoms with Gasteiger partial charge in [-0.1, -0.05) is 51.5 Å². The SMILES string of the molecule is CCCCCCCCCC(=O)CCc1ccc(C(=O)O)c(C(=O)O)c1. The lowest BCUT2D eigenvalue weighted by Crippen LogP contribution is -2.09. The van der Waals surface area contributed by atoms with E-state index in [4.69, 9.17) is 10.2 Å². The van der Waals surface area contributed by atoms with Crippen LogP contribution in [0.1, 0.15) is 91.0 Å². The van der Waals surface area contributed by atoms with E-state index in [0.717, 1.165) is 12.8 Å². The number of aromatic carboxylic acids is 2. The van der Waals surface area contributed by atoms with Crippen LogP contribution in [0.4, 0.5) is 0 Å². The van der Waals surface area contributed by atoms with Crippen molar-refractivity contribution in [3.63, 3.8) is 0 Å². The Morgan fingerprint density at radius 3 is 2.00 bits per heavy atom. The zero-order valence-electron chi connectivity index (χ0n) is 14.9. The number of hydrogen-bond acceptors (Lipinski definition) is 3. The number of carbonyl (C=O) groups is 3. The fourth-order valence-electron chi connectivity index (χ4n) is 2.80. The molecule has 0 aliphatic rings. The Morgan fingerprint density at radius 2 is 1.40 bits per heavy atom. The number of Topliss-reactive ketones (excluding diaryl/α,β-unsaturated/α-hetero) is 1. The van der Waals surface area contributed by atoms with Crippen molar-refractivity contribution in [1.29, 1.82) is 0 Å². The minimum Gasteiger partial charge on any atom is -0.478 e. The van der Waals surface area contributed by atoms with Gasteiger partial charge in [-0.2, -0.15) is 0 Å². The summed E-state index contributed by atoms with van der Waals surface area (Å²) in [5, 5.41) is 18.1. The smallest absolute Gasteiger partial charge is 0.336 e. The molecule has 0 fully saturated rings. The maximum atomic E-state index is 11.9. The van der Waals surface area contributed by atoms with Crippen LogP contribution in [0, 0.1) is 0 Å². The molecule has 1 rings (SSSR count). The predicted octanol–water partition coefficient (Wildman–Crippen LogP) is 4.73. The van der Waals surface area contributed by atoms with Gasteiger partial charge in [-0.05, 0) is 30.5 Å². The van der Waals surface area contributed by atoms with Crippen LogP contribution in [0.15, 0.2) is 18.2 Å². The van der Waals surface area contributed by atoms with Crippen molar-refractivity contribution >= 4 is 17.7 Å². The molecular weight excluding hydrogens is 320 g/mol. The molecule has 5 nitrogen and oxygen atoms in total. The highest BCUT2D eigenvalue weighted by Crippen LogP contribution is 2.15. The molecular formula is C20H28O5. The summed E-state index contributed by atoms with van der Waals surface area (Å²) < 4.78 is 0. The summed E-state index contributed by atoms with van der Waals surface area (Å²) in [6.07, 6.45) is 9.52. The molecule has 0 saturated heterocycles. The lowest BCUT2D eigenvalue weighted by Gasteiger charge is -2.06. The van der Waals surface area contributed by atoms with Gasteiger partial charge in [0.05, 0.1) is 11.1 Å². The summed E-state index contributed by atoms with van der Waals surface area (Å²) in [6.45, 7) is 2.19. The van der Waals surface area contributed by atoms with Crippen LogP contribution in [0.5, 0.6) is 0 Å². The number of carboxylic acids is 2. The number of carbonyl (C=O) groups excluding carboxylic acids is 1. The third kappa shape index (κ3) is 7.96. The fraction of sp³-hybridized carbons (Fsp3) is 0.550. The average Bonchev–Trinajstić information content (AvgIpc) is 2.58. The highest BCUT2D eigenvalue weighted by molar-refractivity contribution is 6.01. The Bertz CT molecular complexity index is 592. The van der Waals surface area contributed by atoms with Crippen molar-refractivity contribution in [3.05, 3.63) is 34.9 Å². The Balaban J connectivity index is 2.37. The van der Waals surface area contributed by atoms with E-state index < -0.39 is 11.9 Å². The van der Waals surface area contributed by atoms with Gasteiger partial charge >= 0.3 is 11.9 Å². The molecule has 0 bridgehead atoms. The molecule has 138 valence electrons. The molecule has 0 aliphatic carbocycles. The lowest BCUT2D eigenvalue weighted by atomic mass is 9.99. The Morgan fingerprint density at radius 1 is 0.800 bits per heavy atom. The maximum Gasteiger partial charge on any atom is 0.336 e. The van der Waals surface area contributed by atoms with Crippen molar-refractivity contribution in [3.8, 4) is 0 Å². The monoisotopic (exact) mass is 348 g/mol. The Kier molecular flexibility index (Phi) is 9.51. The van der Waals surface area contributed by atoms with Crippen LogP contribution >= 0.6 is 0 Å². The van der Waals surface area contributed by atoms with Crippen LogP contribution in [0.3, 0.4) is 0 Å². The van der Waals surface area contributed by atoms with Gasteiger partial charge in [-0.25, -0.2) is 9.59 Å². The first-order chi connectivity index (χ1) is 12.0. The van der Waals surface area contributed by atoms with Gasteiger partial charge in [0, 0.05) is 12.8 Å². The number of aryl methyl sites for hydroxylation is 1. The molecule has 0 aliphatic heterocycles. The largest absolute Gasteiger partial charge is 0.478 e. The molecule has 0 aromatic heterocycles. The number of hydrogen-bond donors (Lipinski definition) is 2. The van der Waals surface area contributed by atoms with Crippen LogP contribution in [-0.2, 0) is 11.2 Å². The van der Waals surface area contributed by atoms with E-state index in [0.29, 0.717) is 24.8 Å². The number of benzene rings is 1. The van der Waals surface area contributed by atoms with Gasteiger partial charge in [-0.15, -0.1) is 0 Å². The van der Waals surface area contributed by atoms with E-state index in [1.807, 2.05) is 0 Å². The average molecular weight is 348 g/mol. The topological polar surface area (TPSA) is 91.7 Å². The third-order valence-electron chi connectivity index (χ3n) is 4.30. The van der Waals surface area contributed by atoms with Gasteiger partial charge in [-0.3, -0.25) is 4.79 Å². The molecule has 0 unspecified atom stereocenters. The first-order valence-corrected chi connectivity index (χ1v) is 9.07. The normalized spacial score (nSPS) is 10.6. The molecule has 2 N–H and O–H groups in total. The standard InChI is InChI=1S/C20H28O5/c1-2-3-4-5-6-7-8-9-16(21)12-10-15-11-13-17(19(22)23)18(14-15)20(24)25/h11,13-14H,2-10,12H2,1H3,(H,22,23)(H,24,25).